The van der Waals surface area contributed by atoms with E-state index in [1.54, 1.807) is 0 Å². The monoisotopic (exact) mass is 340 g/mol. The van der Waals surface area contributed by atoms with Crippen LogP contribution in [0.3, 0.4) is 0 Å². The minimum atomic E-state index is -0.212. The van der Waals surface area contributed by atoms with Crippen LogP contribution in [-0.2, 0) is 17.9 Å². The maximum Gasteiger partial charge on any atom is 0.224 e. The minimum Gasteiger partial charge on any atom is -0.352 e. The number of carbonyl (C=O) groups excluding carboxylic acids is 1. The van der Waals surface area contributed by atoms with Crippen LogP contribution in [0.1, 0.15) is 29.5 Å². The van der Waals surface area contributed by atoms with E-state index in [1.165, 1.54) is 17.7 Å². The first-order valence-electron chi connectivity index (χ1n) is 8.91. The van der Waals surface area contributed by atoms with Gasteiger partial charge in [-0.25, -0.2) is 4.39 Å². The standard InChI is InChI=1S/C21H25FN2O/c1-16-5-2-3-6-18(16)13-23-21(25)19-7-4-12-24(15-19)14-17-8-10-20(22)11-9-17/h2-3,5-6,8-11,19H,4,7,12-15H2,1H3,(H,23,25)/t19-/m1/s1. The van der Waals surface area contributed by atoms with E-state index in [0.717, 1.165) is 43.6 Å². The molecular formula is C21H25FN2O. The van der Waals surface area contributed by atoms with Crippen LogP contribution in [0.15, 0.2) is 48.5 Å². The van der Waals surface area contributed by atoms with E-state index in [1.807, 2.05) is 24.3 Å². The molecule has 0 saturated carbocycles. The van der Waals surface area contributed by atoms with Crippen LogP contribution in [-0.4, -0.2) is 23.9 Å². The number of likely N-dealkylation sites (tertiary alicyclic amines) is 1. The van der Waals surface area contributed by atoms with Gasteiger partial charge in [-0.3, -0.25) is 9.69 Å². The average Bonchev–Trinajstić information content (AvgIpc) is 2.63. The van der Waals surface area contributed by atoms with Crippen LogP contribution >= 0.6 is 0 Å². The Bertz CT molecular complexity index is 714. The summed E-state index contributed by atoms with van der Waals surface area (Å²) in [5.74, 6) is -0.0545. The largest absolute Gasteiger partial charge is 0.352 e. The SMILES string of the molecule is Cc1ccccc1CNC(=O)[C@@H]1CCCN(Cc2ccc(F)cc2)C1. The van der Waals surface area contributed by atoms with Crippen LogP contribution in [0.25, 0.3) is 0 Å². The Morgan fingerprint density at radius 2 is 1.96 bits per heavy atom. The summed E-state index contributed by atoms with van der Waals surface area (Å²) in [6.07, 6.45) is 1.95. The highest BCUT2D eigenvalue weighted by Gasteiger charge is 2.25. The highest BCUT2D eigenvalue weighted by atomic mass is 19.1. The van der Waals surface area contributed by atoms with E-state index in [-0.39, 0.29) is 17.6 Å². The fourth-order valence-corrected chi connectivity index (χ4v) is 3.40. The number of rotatable bonds is 5. The molecule has 1 heterocycles. The van der Waals surface area contributed by atoms with Crippen molar-refractivity contribution >= 4 is 5.91 Å². The summed E-state index contributed by atoms with van der Waals surface area (Å²) in [6.45, 7) is 5.16. The number of aryl methyl sites for hydroxylation is 1. The van der Waals surface area contributed by atoms with Gasteiger partial charge in [-0.1, -0.05) is 36.4 Å². The van der Waals surface area contributed by atoms with Crippen LogP contribution in [0.2, 0.25) is 0 Å². The van der Waals surface area contributed by atoms with Gasteiger partial charge in [-0.05, 0) is 55.1 Å². The molecule has 0 bridgehead atoms. The molecule has 0 aliphatic carbocycles. The molecule has 0 aromatic heterocycles. The molecule has 1 aliphatic rings. The third-order valence-electron chi connectivity index (χ3n) is 4.91. The summed E-state index contributed by atoms with van der Waals surface area (Å²) in [4.78, 5) is 14.8. The molecule has 3 nitrogen and oxygen atoms in total. The van der Waals surface area contributed by atoms with Gasteiger partial charge in [0.2, 0.25) is 5.91 Å². The topological polar surface area (TPSA) is 32.3 Å². The number of piperidine rings is 1. The molecule has 4 heteroatoms. The summed E-state index contributed by atoms with van der Waals surface area (Å²) >= 11 is 0. The van der Waals surface area contributed by atoms with Gasteiger partial charge in [0.15, 0.2) is 0 Å². The second kappa shape index (κ2) is 8.26. The fourth-order valence-electron chi connectivity index (χ4n) is 3.40. The number of amides is 1. The highest BCUT2D eigenvalue weighted by molar-refractivity contribution is 5.79. The van der Waals surface area contributed by atoms with Gasteiger partial charge in [-0.2, -0.15) is 0 Å². The highest BCUT2D eigenvalue weighted by Crippen LogP contribution is 2.19. The average molecular weight is 340 g/mol. The summed E-state index contributed by atoms with van der Waals surface area (Å²) in [6, 6.07) is 14.7. The van der Waals surface area contributed by atoms with E-state index in [4.69, 9.17) is 0 Å². The van der Waals surface area contributed by atoms with Gasteiger partial charge in [0, 0.05) is 19.6 Å². The van der Waals surface area contributed by atoms with Crippen molar-refractivity contribution in [3.8, 4) is 0 Å². The Morgan fingerprint density at radius 3 is 2.72 bits per heavy atom. The molecule has 1 N–H and O–H groups in total. The smallest absolute Gasteiger partial charge is 0.224 e. The number of nitrogens with zero attached hydrogens (tertiary/aromatic N) is 1. The lowest BCUT2D eigenvalue weighted by atomic mass is 9.96. The molecule has 1 atom stereocenters. The first-order chi connectivity index (χ1) is 12.1. The van der Waals surface area contributed by atoms with Gasteiger partial charge < -0.3 is 5.32 Å². The molecule has 0 spiro atoms. The third-order valence-corrected chi connectivity index (χ3v) is 4.91. The Kier molecular flexibility index (Phi) is 5.82. The molecule has 0 radical (unpaired) electrons. The first kappa shape index (κ1) is 17.6. The van der Waals surface area contributed by atoms with Crippen molar-refractivity contribution in [2.75, 3.05) is 13.1 Å². The molecule has 3 rings (SSSR count). The van der Waals surface area contributed by atoms with Crippen LogP contribution in [0.4, 0.5) is 4.39 Å². The van der Waals surface area contributed by atoms with Crippen molar-refractivity contribution in [3.05, 3.63) is 71.0 Å². The lowest BCUT2D eigenvalue weighted by molar-refractivity contribution is -0.126. The predicted octanol–water partition coefficient (Wildman–Crippen LogP) is 3.66. The van der Waals surface area contributed by atoms with Gasteiger partial charge in [0.25, 0.3) is 0 Å². The van der Waals surface area contributed by atoms with E-state index in [2.05, 4.69) is 29.3 Å². The molecule has 2 aromatic carbocycles. The van der Waals surface area contributed by atoms with Crippen LogP contribution in [0, 0.1) is 18.7 Å². The van der Waals surface area contributed by atoms with Crippen molar-refractivity contribution in [2.45, 2.75) is 32.9 Å². The molecule has 2 aromatic rings. The Morgan fingerprint density at radius 1 is 1.20 bits per heavy atom. The van der Waals surface area contributed by atoms with Gasteiger partial charge >= 0.3 is 0 Å². The number of nitrogens with one attached hydrogen (secondary N) is 1. The number of hydrogen-bond acceptors (Lipinski definition) is 2. The summed E-state index contributed by atoms with van der Waals surface area (Å²) in [5.41, 5.74) is 3.45. The van der Waals surface area contributed by atoms with E-state index in [0.29, 0.717) is 6.54 Å². The quantitative estimate of drug-likeness (QED) is 0.901. The predicted molar refractivity (Wildman–Crippen MR) is 97.4 cm³/mol. The third kappa shape index (κ3) is 4.89. The van der Waals surface area contributed by atoms with Gasteiger partial charge in [0.1, 0.15) is 5.82 Å². The maximum atomic E-state index is 13.0. The normalized spacial score (nSPS) is 18.1. The lowest BCUT2D eigenvalue weighted by Gasteiger charge is -2.32. The van der Waals surface area contributed by atoms with Crippen molar-refractivity contribution < 1.29 is 9.18 Å². The molecule has 25 heavy (non-hydrogen) atoms. The zero-order valence-corrected chi connectivity index (χ0v) is 14.7. The Hall–Kier alpha value is -2.20. The fraction of sp³-hybridized carbons (Fsp3) is 0.381. The molecule has 1 fully saturated rings. The number of hydrogen-bond donors (Lipinski definition) is 1. The summed E-state index contributed by atoms with van der Waals surface area (Å²) < 4.78 is 13.0. The van der Waals surface area contributed by atoms with Crippen molar-refractivity contribution in [3.63, 3.8) is 0 Å². The second-order valence-corrected chi connectivity index (χ2v) is 6.85. The first-order valence-corrected chi connectivity index (χ1v) is 8.91. The minimum absolute atomic E-state index is 0.0261. The molecular weight excluding hydrogens is 315 g/mol. The van der Waals surface area contributed by atoms with E-state index < -0.39 is 0 Å². The summed E-state index contributed by atoms with van der Waals surface area (Å²) in [7, 11) is 0. The molecule has 132 valence electrons. The number of benzene rings is 2. The van der Waals surface area contributed by atoms with Crippen molar-refractivity contribution in [2.24, 2.45) is 5.92 Å². The van der Waals surface area contributed by atoms with Crippen LogP contribution < -0.4 is 5.32 Å². The lowest BCUT2D eigenvalue weighted by Crippen LogP contribution is -2.42. The zero-order valence-electron chi connectivity index (χ0n) is 14.7. The van der Waals surface area contributed by atoms with Crippen molar-refractivity contribution in [1.29, 1.82) is 0 Å². The van der Waals surface area contributed by atoms with Crippen LogP contribution in [0.5, 0.6) is 0 Å². The molecule has 1 amide bonds. The van der Waals surface area contributed by atoms with Crippen molar-refractivity contribution in [1.82, 2.24) is 10.2 Å². The van der Waals surface area contributed by atoms with Gasteiger partial charge in [-0.15, -0.1) is 0 Å². The van der Waals surface area contributed by atoms with E-state index >= 15 is 0 Å². The molecule has 1 aliphatic heterocycles. The second-order valence-electron chi connectivity index (χ2n) is 6.85. The Balaban J connectivity index is 1.52. The van der Waals surface area contributed by atoms with Gasteiger partial charge in [0.05, 0.1) is 5.92 Å². The number of carbonyl (C=O) groups is 1. The maximum absolute atomic E-state index is 13.0. The number of halogens is 1. The molecule has 1 saturated heterocycles. The summed E-state index contributed by atoms with van der Waals surface area (Å²) in [5, 5.41) is 3.09. The molecule has 0 unspecified atom stereocenters. The van der Waals surface area contributed by atoms with E-state index in [9.17, 15) is 9.18 Å². The Labute approximate surface area is 148 Å². The zero-order chi connectivity index (χ0) is 17.6.